The minimum Gasteiger partial charge on any atom is -0.423 e. The molecule has 0 aliphatic rings. The predicted octanol–water partition coefficient (Wildman–Crippen LogP) is 3.78. The maximum Gasteiger partial charge on any atom is 0.338 e. The highest BCUT2D eigenvalue weighted by Gasteiger charge is 2.06. The Hall–Kier alpha value is -2.35. The first-order valence-corrected chi connectivity index (χ1v) is 6.23. The summed E-state index contributed by atoms with van der Waals surface area (Å²) in [6.45, 7) is 1.77. The van der Waals surface area contributed by atoms with Gasteiger partial charge in [-0.2, -0.15) is 0 Å². The molecule has 19 heavy (non-hydrogen) atoms. The van der Waals surface area contributed by atoms with Crippen LogP contribution in [-0.2, 0) is 11.2 Å². The molecule has 96 valence electrons. The van der Waals surface area contributed by atoms with Crippen molar-refractivity contribution >= 4 is 5.97 Å². The number of benzene rings is 2. The van der Waals surface area contributed by atoms with Gasteiger partial charge in [0.2, 0.25) is 0 Å². The Kier molecular flexibility index (Phi) is 4.51. The third-order valence-corrected chi connectivity index (χ3v) is 2.76. The Morgan fingerprint density at radius 3 is 2.21 bits per heavy atom. The van der Waals surface area contributed by atoms with Crippen molar-refractivity contribution in [2.45, 2.75) is 13.3 Å². The minimum atomic E-state index is -0.304. The lowest BCUT2D eigenvalue weighted by atomic mass is 10.1. The van der Waals surface area contributed by atoms with Gasteiger partial charge >= 0.3 is 5.97 Å². The lowest BCUT2D eigenvalue weighted by Gasteiger charge is -2.04. The molecule has 0 aromatic heterocycles. The molecule has 2 nitrogen and oxygen atoms in total. The van der Waals surface area contributed by atoms with Crippen LogP contribution in [0.4, 0.5) is 0 Å². The topological polar surface area (TPSA) is 26.3 Å². The molecule has 2 rings (SSSR count). The van der Waals surface area contributed by atoms with Crippen LogP contribution in [0.1, 0.15) is 12.5 Å². The van der Waals surface area contributed by atoms with Gasteiger partial charge in [0.05, 0.1) is 0 Å². The van der Waals surface area contributed by atoms with E-state index in [-0.39, 0.29) is 5.97 Å². The fourth-order valence-corrected chi connectivity index (χ4v) is 1.64. The smallest absolute Gasteiger partial charge is 0.338 e. The van der Waals surface area contributed by atoms with Crippen LogP contribution in [0.15, 0.2) is 72.3 Å². The zero-order valence-corrected chi connectivity index (χ0v) is 10.9. The van der Waals surface area contributed by atoms with E-state index in [9.17, 15) is 4.79 Å². The Labute approximate surface area is 113 Å². The van der Waals surface area contributed by atoms with E-state index < -0.39 is 0 Å². The summed E-state index contributed by atoms with van der Waals surface area (Å²) in [6, 6.07) is 19.1. The standard InChI is InChI=1S/C17H16O2/c1-14(12-13-15-8-4-2-5-9-15)17(18)19-16-10-6-3-7-11-16/h2-12H,13H2,1H3. The van der Waals surface area contributed by atoms with E-state index in [1.54, 1.807) is 19.1 Å². The van der Waals surface area contributed by atoms with Crippen molar-refractivity contribution in [1.82, 2.24) is 0 Å². The molecule has 0 atom stereocenters. The van der Waals surface area contributed by atoms with E-state index in [0.29, 0.717) is 11.3 Å². The molecule has 0 bridgehead atoms. The van der Waals surface area contributed by atoms with Gasteiger partial charge in [-0.3, -0.25) is 0 Å². The Morgan fingerprint density at radius 1 is 1.00 bits per heavy atom. The Balaban J connectivity index is 1.95. The highest BCUT2D eigenvalue weighted by atomic mass is 16.5. The lowest BCUT2D eigenvalue weighted by molar-refractivity contribution is -0.130. The first kappa shape index (κ1) is 13.1. The van der Waals surface area contributed by atoms with Crippen LogP contribution in [-0.4, -0.2) is 5.97 Å². The largest absolute Gasteiger partial charge is 0.423 e. The van der Waals surface area contributed by atoms with Crippen molar-refractivity contribution in [3.8, 4) is 5.75 Å². The molecule has 0 spiro atoms. The molecule has 0 saturated heterocycles. The summed E-state index contributed by atoms with van der Waals surface area (Å²) in [5.74, 6) is 0.266. The zero-order valence-electron chi connectivity index (χ0n) is 10.9. The lowest BCUT2D eigenvalue weighted by Crippen LogP contribution is -2.09. The fraction of sp³-hybridized carbons (Fsp3) is 0.118. The second-order valence-corrected chi connectivity index (χ2v) is 4.28. The van der Waals surface area contributed by atoms with Gasteiger partial charge in [0.1, 0.15) is 5.75 Å². The number of esters is 1. The Bertz CT molecular complexity index is 556. The van der Waals surface area contributed by atoms with E-state index >= 15 is 0 Å². The van der Waals surface area contributed by atoms with Crippen LogP contribution in [0.5, 0.6) is 5.75 Å². The van der Waals surface area contributed by atoms with Crippen LogP contribution in [0.25, 0.3) is 0 Å². The predicted molar refractivity (Wildman–Crippen MR) is 76.0 cm³/mol. The molecule has 0 aliphatic heterocycles. The summed E-state index contributed by atoms with van der Waals surface area (Å²) in [5.41, 5.74) is 1.79. The van der Waals surface area contributed by atoms with Crippen molar-refractivity contribution in [2.75, 3.05) is 0 Å². The number of carbonyl (C=O) groups is 1. The van der Waals surface area contributed by atoms with Gasteiger partial charge in [-0.25, -0.2) is 4.79 Å². The molecule has 0 amide bonds. The molecule has 0 aliphatic carbocycles. The number of carbonyl (C=O) groups excluding carboxylic acids is 1. The maximum absolute atomic E-state index is 11.8. The highest BCUT2D eigenvalue weighted by molar-refractivity contribution is 5.89. The number of allylic oxidation sites excluding steroid dienone is 1. The summed E-state index contributed by atoms with van der Waals surface area (Å²) in [7, 11) is 0. The molecule has 0 fully saturated rings. The minimum absolute atomic E-state index is 0.304. The molecular formula is C17H16O2. The van der Waals surface area contributed by atoms with E-state index in [2.05, 4.69) is 0 Å². The Morgan fingerprint density at radius 2 is 1.58 bits per heavy atom. The SMILES string of the molecule is CC(=CCc1ccccc1)C(=O)Oc1ccccc1. The maximum atomic E-state index is 11.8. The molecule has 0 saturated carbocycles. The first-order chi connectivity index (χ1) is 9.25. The van der Waals surface area contributed by atoms with Crippen LogP contribution < -0.4 is 4.74 Å². The van der Waals surface area contributed by atoms with E-state index in [1.165, 1.54) is 5.56 Å². The normalized spacial score (nSPS) is 11.1. The summed E-state index contributed by atoms with van der Waals surface area (Å²) in [6.07, 6.45) is 2.62. The molecule has 2 aromatic rings. The van der Waals surface area contributed by atoms with E-state index in [0.717, 1.165) is 6.42 Å². The zero-order chi connectivity index (χ0) is 13.5. The van der Waals surface area contributed by atoms with Gasteiger partial charge < -0.3 is 4.74 Å². The first-order valence-electron chi connectivity index (χ1n) is 6.23. The highest BCUT2D eigenvalue weighted by Crippen LogP contribution is 2.11. The molecule has 0 unspecified atom stereocenters. The van der Waals surface area contributed by atoms with Gasteiger partial charge in [-0.1, -0.05) is 54.6 Å². The molecule has 0 radical (unpaired) electrons. The summed E-state index contributed by atoms with van der Waals surface area (Å²) >= 11 is 0. The van der Waals surface area contributed by atoms with Gasteiger partial charge in [0, 0.05) is 5.57 Å². The summed E-state index contributed by atoms with van der Waals surface area (Å²) in [4.78, 5) is 11.8. The third-order valence-electron chi connectivity index (χ3n) is 2.76. The molecular weight excluding hydrogens is 236 g/mol. The van der Waals surface area contributed by atoms with Crippen LogP contribution in [0, 0.1) is 0 Å². The third kappa shape index (κ3) is 4.11. The van der Waals surface area contributed by atoms with Crippen molar-refractivity contribution in [2.24, 2.45) is 0 Å². The average Bonchev–Trinajstić information content (AvgIpc) is 2.47. The van der Waals surface area contributed by atoms with Crippen molar-refractivity contribution < 1.29 is 9.53 Å². The quantitative estimate of drug-likeness (QED) is 0.470. The van der Waals surface area contributed by atoms with Gasteiger partial charge in [-0.15, -0.1) is 0 Å². The van der Waals surface area contributed by atoms with Gasteiger partial charge in [0.15, 0.2) is 0 Å². The van der Waals surface area contributed by atoms with Crippen molar-refractivity contribution in [3.05, 3.63) is 77.9 Å². The molecule has 2 aromatic carbocycles. The second kappa shape index (κ2) is 6.55. The van der Waals surface area contributed by atoms with Crippen LogP contribution >= 0.6 is 0 Å². The molecule has 0 N–H and O–H groups in total. The van der Waals surface area contributed by atoms with E-state index in [4.69, 9.17) is 4.74 Å². The number of hydrogen-bond acceptors (Lipinski definition) is 2. The van der Waals surface area contributed by atoms with Gasteiger partial charge in [-0.05, 0) is 31.0 Å². The number of para-hydroxylation sites is 1. The van der Waals surface area contributed by atoms with Crippen LogP contribution in [0.3, 0.4) is 0 Å². The number of ether oxygens (including phenoxy) is 1. The molecule has 0 heterocycles. The van der Waals surface area contributed by atoms with Crippen LogP contribution in [0.2, 0.25) is 0 Å². The molecule has 2 heteroatoms. The van der Waals surface area contributed by atoms with Gasteiger partial charge in [0.25, 0.3) is 0 Å². The summed E-state index contributed by atoms with van der Waals surface area (Å²) < 4.78 is 5.26. The average molecular weight is 252 g/mol. The monoisotopic (exact) mass is 252 g/mol. The number of hydrogen-bond donors (Lipinski definition) is 0. The fourth-order valence-electron chi connectivity index (χ4n) is 1.64. The number of rotatable bonds is 4. The van der Waals surface area contributed by atoms with E-state index in [1.807, 2.05) is 54.6 Å². The summed E-state index contributed by atoms with van der Waals surface area (Å²) in [5, 5.41) is 0. The second-order valence-electron chi connectivity index (χ2n) is 4.28. The van der Waals surface area contributed by atoms with Crippen molar-refractivity contribution in [1.29, 1.82) is 0 Å². The van der Waals surface area contributed by atoms with Crippen molar-refractivity contribution in [3.63, 3.8) is 0 Å².